The van der Waals surface area contributed by atoms with Gasteiger partial charge in [-0.1, -0.05) is 39.8 Å². The molecule has 0 aliphatic rings. The molecular formula is C16H27NO. The quantitative estimate of drug-likeness (QED) is 0.829. The van der Waals surface area contributed by atoms with Gasteiger partial charge >= 0.3 is 0 Å². The smallest absolute Gasteiger partial charge is 0.122 e. The highest BCUT2D eigenvalue weighted by molar-refractivity contribution is 5.39. The van der Waals surface area contributed by atoms with Crippen LogP contribution >= 0.6 is 0 Å². The molecule has 1 N–H and O–H groups in total. The number of hydrogen-bond acceptors (Lipinski definition) is 2. The summed E-state index contributed by atoms with van der Waals surface area (Å²) in [6.45, 7) is 11.0. The van der Waals surface area contributed by atoms with Gasteiger partial charge in [-0.05, 0) is 36.5 Å². The van der Waals surface area contributed by atoms with E-state index in [4.69, 9.17) is 4.74 Å². The van der Waals surface area contributed by atoms with Crippen LogP contribution in [0.1, 0.15) is 51.7 Å². The van der Waals surface area contributed by atoms with Crippen molar-refractivity contribution in [3.8, 4) is 5.75 Å². The molecule has 0 aliphatic carbocycles. The fraction of sp³-hybridized carbons (Fsp3) is 0.625. The van der Waals surface area contributed by atoms with Crippen LogP contribution in [-0.2, 0) is 6.42 Å². The Morgan fingerprint density at radius 2 is 1.78 bits per heavy atom. The summed E-state index contributed by atoms with van der Waals surface area (Å²) in [6, 6.07) is 7.57. The van der Waals surface area contributed by atoms with E-state index in [0.29, 0.717) is 18.0 Å². The van der Waals surface area contributed by atoms with Gasteiger partial charge in [0, 0.05) is 12.1 Å². The normalized spacial score (nSPS) is 13.1. The van der Waals surface area contributed by atoms with E-state index >= 15 is 0 Å². The van der Waals surface area contributed by atoms with Gasteiger partial charge in [0.1, 0.15) is 5.75 Å². The zero-order chi connectivity index (χ0) is 13.7. The van der Waals surface area contributed by atoms with Crippen molar-refractivity contribution < 1.29 is 4.74 Å². The molecule has 0 spiro atoms. The Hall–Kier alpha value is -1.02. The fourth-order valence-electron chi connectivity index (χ4n) is 2.34. The molecule has 1 unspecified atom stereocenters. The van der Waals surface area contributed by atoms with E-state index in [2.05, 4.69) is 58.1 Å². The highest BCUT2D eigenvalue weighted by Gasteiger charge is 2.10. The number of nitrogens with one attached hydrogen (secondary N) is 1. The molecule has 0 saturated heterocycles. The van der Waals surface area contributed by atoms with Crippen molar-refractivity contribution in [1.29, 1.82) is 0 Å². The lowest BCUT2D eigenvalue weighted by Crippen LogP contribution is -2.33. The molecule has 1 atom stereocenters. The van der Waals surface area contributed by atoms with E-state index in [0.717, 1.165) is 12.2 Å². The van der Waals surface area contributed by atoms with Crippen molar-refractivity contribution in [2.45, 2.75) is 59.0 Å². The number of methoxy groups -OCH3 is 1. The predicted molar refractivity (Wildman–Crippen MR) is 78.5 cm³/mol. The molecule has 2 heteroatoms. The minimum Gasteiger partial charge on any atom is -0.496 e. The Labute approximate surface area is 112 Å². The molecule has 102 valence electrons. The lowest BCUT2D eigenvalue weighted by atomic mass is 9.97. The Kier molecular flexibility index (Phi) is 5.67. The topological polar surface area (TPSA) is 21.3 Å². The minimum atomic E-state index is 0.494. The van der Waals surface area contributed by atoms with Gasteiger partial charge in [-0.3, -0.25) is 0 Å². The van der Waals surface area contributed by atoms with Gasteiger partial charge in [0.2, 0.25) is 0 Å². The van der Waals surface area contributed by atoms with E-state index in [1.807, 2.05) is 0 Å². The van der Waals surface area contributed by atoms with Crippen LogP contribution in [0.15, 0.2) is 18.2 Å². The lowest BCUT2D eigenvalue weighted by Gasteiger charge is -2.18. The third-order valence-corrected chi connectivity index (χ3v) is 3.08. The van der Waals surface area contributed by atoms with E-state index in [9.17, 15) is 0 Å². The van der Waals surface area contributed by atoms with E-state index in [1.165, 1.54) is 11.1 Å². The second-order valence-electron chi connectivity index (χ2n) is 5.66. The summed E-state index contributed by atoms with van der Waals surface area (Å²) in [5.41, 5.74) is 2.67. The standard InChI is InChI=1S/C16H27NO/c1-11(2)15-10-14(7-8-16(15)18-6)9-13(5)17-12(3)4/h7-8,10-13,17H,9H2,1-6H3. The summed E-state index contributed by atoms with van der Waals surface area (Å²) in [7, 11) is 1.74. The molecule has 0 aromatic heterocycles. The second-order valence-corrected chi connectivity index (χ2v) is 5.66. The van der Waals surface area contributed by atoms with Gasteiger partial charge in [-0.2, -0.15) is 0 Å². The van der Waals surface area contributed by atoms with Crippen LogP contribution in [0.25, 0.3) is 0 Å². The van der Waals surface area contributed by atoms with Crippen molar-refractivity contribution in [3.63, 3.8) is 0 Å². The van der Waals surface area contributed by atoms with Crippen LogP contribution in [0.4, 0.5) is 0 Å². The monoisotopic (exact) mass is 249 g/mol. The molecule has 18 heavy (non-hydrogen) atoms. The van der Waals surface area contributed by atoms with Crippen LogP contribution in [-0.4, -0.2) is 19.2 Å². The number of rotatable bonds is 6. The van der Waals surface area contributed by atoms with Crippen molar-refractivity contribution >= 4 is 0 Å². The molecular weight excluding hydrogens is 222 g/mol. The molecule has 1 aromatic carbocycles. The molecule has 0 saturated carbocycles. The molecule has 1 aromatic rings. The molecule has 2 nitrogen and oxygen atoms in total. The van der Waals surface area contributed by atoms with Gasteiger partial charge in [0.15, 0.2) is 0 Å². The van der Waals surface area contributed by atoms with Crippen molar-refractivity contribution in [3.05, 3.63) is 29.3 Å². The Balaban J connectivity index is 2.81. The first-order chi connectivity index (χ1) is 8.43. The molecule has 0 amide bonds. The maximum atomic E-state index is 5.42. The second kappa shape index (κ2) is 6.79. The molecule has 0 heterocycles. The molecule has 0 radical (unpaired) electrons. The zero-order valence-corrected chi connectivity index (χ0v) is 12.6. The SMILES string of the molecule is COc1ccc(CC(C)NC(C)C)cc1C(C)C. The number of benzene rings is 1. The Morgan fingerprint density at radius 3 is 2.28 bits per heavy atom. The third kappa shape index (κ3) is 4.34. The predicted octanol–water partition coefficient (Wildman–Crippen LogP) is 3.75. The maximum Gasteiger partial charge on any atom is 0.122 e. The summed E-state index contributed by atoms with van der Waals surface area (Å²) >= 11 is 0. The summed E-state index contributed by atoms with van der Waals surface area (Å²) in [5, 5.41) is 3.54. The Morgan fingerprint density at radius 1 is 1.11 bits per heavy atom. The van der Waals surface area contributed by atoms with Crippen molar-refractivity contribution in [2.24, 2.45) is 0 Å². The van der Waals surface area contributed by atoms with Crippen LogP contribution in [0.3, 0.4) is 0 Å². The summed E-state index contributed by atoms with van der Waals surface area (Å²) < 4.78 is 5.42. The van der Waals surface area contributed by atoms with Gasteiger partial charge < -0.3 is 10.1 Å². The molecule has 0 fully saturated rings. The van der Waals surface area contributed by atoms with E-state index < -0.39 is 0 Å². The summed E-state index contributed by atoms with van der Waals surface area (Å²) in [4.78, 5) is 0. The first-order valence-electron chi connectivity index (χ1n) is 6.86. The van der Waals surface area contributed by atoms with Crippen LogP contribution in [0.2, 0.25) is 0 Å². The molecule has 0 aliphatic heterocycles. The van der Waals surface area contributed by atoms with Crippen LogP contribution in [0, 0.1) is 0 Å². The van der Waals surface area contributed by atoms with Crippen molar-refractivity contribution in [2.75, 3.05) is 7.11 Å². The average Bonchev–Trinajstić information content (AvgIpc) is 2.27. The summed E-state index contributed by atoms with van der Waals surface area (Å²) in [6.07, 6.45) is 1.06. The minimum absolute atomic E-state index is 0.494. The largest absolute Gasteiger partial charge is 0.496 e. The van der Waals surface area contributed by atoms with Gasteiger partial charge in [-0.15, -0.1) is 0 Å². The highest BCUT2D eigenvalue weighted by Crippen LogP contribution is 2.27. The van der Waals surface area contributed by atoms with Crippen LogP contribution < -0.4 is 10.1 Å². The van der Waals surface area contributed by atoms with E-state index in [-0.39, 0.29) is 0 Å². The fourth-order valence-corrected chi connectivity index (χ4v) is 2.34. The average molecular weight is 249 g/mol. The maximum absolute atomic E-state index is 5.42. The molecule has 0 bridgehead atoms. The van der Waals surface area contributed by atoms with Gasteiger partial charge in [-0.25, -0.2) is 0 Å². The van der Waals surface area contributed by atoms with Crippen molar-refractivity contribution in [1.82, 2.24) is 5.32 Å². The zero-order valence-electron chi connectivity index (χ0n) is 12.6. The number of ether oxygens (including phenoxy) is 1. The Bertz CT molecular complexity index is 371. The van der Waals surface area contributed by atoms with Gasteiger partial charge in [0.05, 0.1) is 7.11 Å². The summed E-state index contributed by atoms with van der Waals surface area (Å²) in [5.74, 6) is 1.49. The lowest BCUT2D eigenvalue weighted by molar-refractivity contribution is 0.407. The highest BCUT2D eigenvalue weighted by atomic mass is 16.5. The first-order valence-corrected chi connectivity index (χ1v) is 6.86. The first kappa shape index (κ1) is 15.0. The van der Waals surface area contributed by atoms with Crippen LogP contribution in [0.5, 0.6) is 5.75 Å². The third-order valence-electron chi connectivity index (χ3n) is 3.08. The van der Waals surface area contributed by atoms with Gasteiger partial charge in [0.25, 0.3) is 0 Å². The molecule has 1 rings (SSSR count). The number of hydrogen-bond donors (Lipinski definition) is 1. The van der Waals surface area contributed by atoms with E-state index in [1.54, 1.807) is 7.11 Å².